The molecule has 6 heteroatoms. The first-order valence-electron chi connectivity index (χ1n) is 5.89. The summed E-state index contributed by atoms with van der Waals surface area (Å²) in [7, 11) is 0. The predicted molar refractivity (Wildman–Crippen MR) is 63.9 cm³/mol. The van der Waals surface area contributed by atoms with Crippen molar-refractivity contribution in [2.24, 2.45) is 0 Å². The SMILES string of the molecule is CC[O][Sb]([O]CC)([O]CC)([O]CC)[O]CC. The zero-order valence-electron chi connectivity index (χ0n) is 11.0. The van der Waals surface area contributed by atoms with E-state index in [1.54, 1.807) is 0 Å². The summed E-state index contributed by atoms with van der Waals surface area (Å²) in [6, 6.07) is 0. The van der Waals surface area contributed by atoms with E-state index in [2.05, 4.69) is 0 Å². The summed E-state index contributed by atoms with van der Waals surface area (Å²) in [6.45, 7) is 11.6. The van der Waals surface area contributed by atoms with Gasteiger partial charge >= 0.3 is 102 Å². The summed E-state index contributed by atoms with van der Waals surface area (Å²) < 4.78 is 28.5. The van der Waals surface area contributed by atoms with Crippen molar-refractivity contribution in [1.29, 1.82) is 0 Å². The fourth-order valence-electron chi connectivity index (χ4n) is 1.43. The molecule has 0 N–H and O–H groups in total. The molecule has 0 spiro atoms. The van der Waals surface area contributed by atoms with Crippen LogP contribution in [0.2, 0.25) is 0 Å². The molecule has 0 saturated carbocycles. The zero-order chi connectivity index (χ0) is 12.5. The first-order chi connectivity index (χ1) is 7.62. The molecule has 0 aliphatic rings. The van der Waals surface area contributed by atoms with E-state index in [0.29, 0.717) is 33.0 Å². The second-order valence-corrected chi connectivity index (χ2v) is 10.8. The molecule has 100 valence electrons. The van der Waals surface area contributed by atoms with Crippen LogP contribution in [0.1, 0.15) is 34.6 Å². The monoisotopic (exact) mass is 346 g/mol. The van der Waals surface area contributed by atoms with E-state index >= 15 is 0 Å². The van der Waals surface area contributed by atoms with Gasteiger partial charge in [-0.25, -0.2) is 0 Å². The normalized spacial score (nSPS) is 14.7. The fraction of sp³-hybridized carbons (Fsp3) is 1.00. The van der Waals surface area contributed by atoms with Crippen LogP contribution in [0.4, 0.5) is 0 Å². The van der Waals surface area contributed by atoms with Crippen LogP contribution in [0.15, 0.2) is 0 Å². The van der Waals surface area contributed by atoms with Gasteiger partial charge in [-0.2, -0.15) is 0 Å². The molecule has 16 heavy (non-hydrogen) atoms. The quantitative estimate of drug-likeness (QED) is 0.566. The molecule has 0 unspecified atom stereocenters. The van der Waals surface area contributed by atoms with E-state index in [-0.39, 0.29) is 0 Å². The van der Waals surface area contributed by atoms with Crippen molar-refractivity contribution in [2.45, 2.75) is 34.6 Å². The molecule has 0 rings (SSSR count). The molecule has 0 heterocycles. The van der Waals surface area contributed by atoms with Crippen molar-refractivity contribution in [3.8, 4) is 0 Å². The number of hydrogen-bond donors (Lipinski definition) is 0. The molecule has 5 nitrogen and oxygen atoms in total. The van der Waals surface area contributed by atoms with Gasteiger partial charge in [0, 0.05) is 0 Å². The summed E-state index contributed by atoms with van der Waals surface area (Å²) in [5.74, 6) is 0. The van der Waals surface area contributed by atoms with Gasteiger partial charge in [-0.15, -0.1) is 0 Å². The molecule has 0 aromatic carbocycles. The van der Waals surface area contributed by atoms with Gasteiger partial charge in [-0.3, -0.25) is 0 Å². The Bertz CT molecular complexity index is 136. The van der Waals surface area contributed by atoms with Crippen molar-refractivity contribution in [2.75, 3.05) is 33.0 Å². The first kappa shape index (κ1) is 16.6. The molecule has 0 saturated heterocycles. The molecule has 0 amide bonds. The molecule has 0 fully saturated rings. The molecule has 0 radical (unpaired) electrons. The Morgan fingerprint density at radius 1 is 0.500 bits per heavy atom. The molecule has 0 bridgehead atoms. The maximum atomic E-state index is 5.69. The van der Waals surface area contributed by atoms with E-state index in [4.69, 9.17) is 15.1 Å². The fourth-order valence-corrected chi connectivity index (χ4v) is 9.57. The van der Waals surface area contributed by atoms with Crippen LogP contribution >= 0.6 is 0 Å². The molecular weight excluding hydrogens is 322 g/mol. The van der Waals surface area contributed by atoms with Crippen LogP contribution in [-0.4, -0.2) is 52.5 Å². The van der Waals surface area contributed by atoms with E-state index in [1.807, 2.05) is 34.6 Å². The van der Waals surface area contributed by atoms with Gasteiger partial charge in [0.1, 0.15) is 0 Å². The molecule has 0 aromatic heterocycles. The van der Waals surface area contributed by atoms with E-state index in [1.165, 1.54) is 0 Å². The summed E-state index contributed by atoms with van der Waals surface area (Å²) in [6.07, 6.45) is 0. The van der Waals surface area contributed by atoms with Gasteiger partial charge in [-0.1, -0.05) is 0 Å². The van der Waals surface area contributed by atoms with Gasteiger partial charge < -0.3 is 0 Å². The van der Waals surface area contributed by atoms with E-state index < -0.39 is 19.5 Å². The Labute approximate surface area is 102 Å². The third-order valence-corrected chi connectivity index (χ3v) is 11.4. The molecular formula is C10H25O5Sb. The Morgan fingerprint density at radius 2 is 0.688 bits per heavy atom. The Morgan fingerprint density at radius 3 is 0.812 bits per heavy atom. The van der Waals surface area contributed by atoms with Gasteiger partial charge in [-0.05, 0) is 0 Å². The topological polar surface area (TPSA) is 46.2 Å². The van der Waals surface area contributed by atoms with E-state index in [0.717, 1.165) is 0 Å². The zero-order valence-corrected chi connectivity index (χ0v) is 13.6. The Hall–Kier alpha value is 0.618. The van der Waals surface area contributed by atoms with Crippen LogP contribution in [0.25, 0.3) is 0 Å². The standard InChI is InChI=1S/5C2H5O.Sb/c5*1-2-3;/h5*2H2,1H3;/q5*-1;+5. The summed E-state index contributed by atoms with van der Waals surface area (Å²) >= 11 is -4.71. The van der Waals surface area contributed by atoms with E-state index in [9.17, 15) is 0 Å². The molecule has 0 aliphatic heterocycles. The predicted octanol–water partition coefficient (Wildman–Crippen LogP) is 2.06. The van der Waals surface area contributed by atoms with Gasteiger partial charge in [0.25, 0.3) is 0 Å². The third kappa shape index (κ3) is 4.13. The Balaban J connectivity index is 5.09. The summed E-state index contributed by atoms with van der Waals surface area (Å²) in [4.78, 5) is 0. The molecule has 0 aliphatic carbocycles. The van der Waals surface area contributed by atoms with Crippen LogP contribution in [0, 0.1) is 0 Å². The Kier molecular flexibility index (Phi) is 8.15. The van der Waals surface area contributed by atoms with Crippen molar-refractivity contribution < 1.29 is 15.1 Å². The third-order valence-electron chi connectivity index (χ3n) is 1.70. The average Bonchev–Trinajstić information content (AvgIpc) is 2.19. The first-order valence-corrected chi connectivity index (χ1v) is 11.1. The average molecular weight is 347 g/mol. The number of rotatable bonds is 10. The summed E-state index contributed by atoms with van der Waals surface area (Å²) in [5, 5.41) is 0. The van der Waals surface area contributed by atoms with Crippen molar-refractivity contribution in [3.63, 3.8) is 0 Å². The van der Waals surface area contributed by atoms with Crippen LogP contribution in [0.3, 0.4) is 0 Å². The second kappa shape index (κ2) is 7.85. The molecule has 0 aromatic rings. The second-order valence-electron chi connectivity index (χ2n) is 2.83. The number of hydrogen-bond acceptors (Lipinski definition) is 5. The van der Waals surface area contributed by atoms with Gasteiger partial charge in [0.15, 0.2) is 0 Å². The minimum atomic E-state index is -4.71. The minimum absolute atomic E-state index is 0.446. The van der Waals surface area contributed by atoms with Gasteiger partial charge in [0.05, 0.1) is 0 Å². The summed E-state index contributed by atoms with van der Waals surface area (Å²) in [5.41, 5.74) is 0. The van der Waals surface area contributed by atoms with Crippen molar-refractivity contribution >= 4 is 19.5 Å². The van der Waals surface area contributed by atoms with Crippen LogP contribution in [-0.2, 0) is 15.1 Å². The van der Waals surface area contributed by atoms with Crippen molar-refractivity contribution in [1.82, 2.24) is 0 Å². The molecule has 0 atom stereocenters. The maximum absolute atomic E-state index is 5.69. The van der Waals surface area contributed by atoms with Crippen LogP contribution in [0.5, 0.6) is 0 Å². The van der Waals surface area contributed by atoms with Gasteiger partial charge in [0.2, 0.25) is 0 Å². The van der Waals surface area contributed by atoms with Crippen LogP contribution < -0.4 is 0 Å². The van der Waals surface area contributed by atoms with Crippen molar-refractivity contribution in [3.05, 3.63) is 0 Å².